The molecule has 11 heteroatoms. The van der Waals surface area contributed by atoms with E-state index in [4.69, 9.17) is 4.74 Å². The van der Waals surface area contributed by atoms with E-state index in [0.29, 0.717) is 18.4 Å². The molecule has 1 aromatic carbocycles. The fourth-order valence-corrected chi connectivity index (χ4v) is 4.13. The van der Waals surface area contributed by atoms with Crippen molar-refractivity contribution >= 4 is 12.0 Å². The number of ether oxygens (including phenoxy) is 2. The standard InChI is InChI=1S/C24H31F3N4O4/c1-23(2,3)35-22(33)29-17-8-6-9-18(12-17)31(21(32)20-14-30(4)15-28-20)13-16-7-5-10-19(11-16)34-24(25,26)27/h5,7,10-11,14-15,17-18H,6,8-9,12-13H2,1-4H3,(H,29,33). The van der Waals surface area contributed by atoms with Crippen LogP contribution in [0.4, 0.5) is 18.0 Å². The predicted molar refractivity (Wildman–Crippen MR) is 122 cm³/mol. The van der Waals surface area contributed by atoms with Gasteiger partial charge in [-0.2, -0.15) is 0 Å². The molecule has 1 aliphatic rings. The second-order valence-corrected chi connectivity index (χ2v) is 9.72. The van der Waals surface area contributed by atoms with Crippen molar-refractivity contribution in [3.63, 3.8) is 0 Å². The number of aryl methyl sites for hydroxylation is 1. The highest BCUT2D eigenvalue weighted by atomic mass is 19.4. The van der Waals surface area contributed by atoms with Crippen molar-refractivity contribution in [1.82, 2.24) is 19.8 Å². The van der Waals surface area contributed by atoms with Gasteiger partial charge in [0.05, 0.1) is 6.33 Å². The van der Waals surface area contributed by atoms with E-state index in [9.17, 15) is 22.8 Å². The van der Waals surface area contributed by atoms with E-state index < -0.39 is 18.1 Å². The summed E-state index contributed by atoms with van der Waals surface area (Å²) >= 11 is 0. The van der Waals surface area contributed by atoms with Crippen LogP contribution in [0.15, 0.2) is 36.8 Å². The zero-order valence-electron chi connectivity index (χ0n) is 20.3. The third-order valence-electron chi connectivity index (χ3n) is 5.48. The molecule has 2 amide bonds. The molecule has 1 saturated carbocycles. The van der Waals surface area contributed by atoms with E-state index in [1.54, 1.807) is 49.5 Å². The second-order valence-electron chi connectivity index (χ2n) is 9.72. The molecule has 8 nitrogen and oxygen atoms in total. The number of alkyl carbamates (subject to hydrolysis) is 1. The van der Waals surface area contributed by atoms with Gasteiger partial charge in [-0.3, -0.25) is 4.79 Å². The van der Waals surface area contributed by atoms with Crippen molar-refractivity contribution in [1.29, 1.82) is 0 Å². The fraction of sp³-hybridized carbons (Fsp3) is 0.542. The first-order chi connectivity index (χ1) is 16.3. The Morgan fingerprint density at radius 2 is 1.97 bits per heavy atom. The summed E-state index contributed by atoms with van der Waals surface area (Å²) < 4.78 is 49.1. The molecule has 2 atom stereocenters. The van der Waals surface area contributed by atoms with E-state index in [1.165, 1.54) is 24.5 Å². The SMILES string of the molecule is Cn1cnc(C(=O)N(Cc2cccc(OC(F)(F)F)c2)C2CCCC(NC(=O)OC(C)(C)C)C2)c1. The Balaban J connectivity index is 1.80. The van der Waals surface area contributed by atoms with E-state index in [-0.39, 0.29) is 36.0 Å². The van der Waals surface area contributed by atoms with Gasteiger partial charge in [-0.05, 0) is 64.2 Å². The molecule has 1 aliphatic carbocycles. The monoisotopic (exact) mass is 496 g/mol. The molecule has 2 unspecified atom stereocenters. The van der Waals surface area contributed by atoms with E-state index in [0.717, 1.165) is 12.8 Å². The molecule has 1 aromatic heterocycles. The molecule has 3 rings (SSSR count). The number of hydrogen-bond donors (Lipinski definition) is 1. The maximum Gasteiger partial charge on any atom is 0.573 e. The van der Waals surface area contributed by atoms with E-state index >= 15 is 0 Å². The average Bonchev–Trinajstić information content (AvgIpc) is 3.15. The molecular weight excluding hydrogens is 465 g/mol. The molecule has 0 aliphatic heterocycles. The third-order valence-corrected chi connectivity index (χ3v) is 5.48. The highest BCUT2D eigenvalue weighted by molar-refractivity contribution is 5.92. The minimum atomic E-state index is -4.81. The first kappa shape index (κ1) is 26.4. The maximum atomic E-state index is 13.4. The van der Waals surface area contributed by atoms with E-state index in [2.05, 4.69) is 15.0 Å². The highest BCUT2D eigenvalue weighted by Gasteiger charge is 2.34. The van der Waals surface area contributed by atoms with Gasteiger partial charge in [0.2, 0.25) is 0 Å². The van der Waals surface area contributed by atoms with Crippen molar-refractivity contribution < 1.29 is 32.2 Å². The molecule has 0 bridgehead atoms. The normalized spacial score (nSPS) is 18.6. The number of nitrogens with one attached hydrogen (secondary N) is 1. The molecule has 0 spiro atoms. The lowest BCUT2D eigenvalue weighted by molar-refractivity contribution is -0.274. The fourth-order valence-electron chi connectivity index (χ4n) is 4.13. The number of aromatic nitrogens is 2. The summed E-state index contributed by atoms with van der Waals surface area (Å²) in [5.74, 6) is -0.691. The molecule has 2 aromatic rings. The maximum absolute atomic E-state index is 13.4. The summed E-state index contributed by atoms with van der Waals surface area (Å²) in [5, 5.41) is 2.88. The zero-order chi connectivity index (χ0) is 25.8. The van der Waals surface area contributed by atoms with Gasteiger partial charge in [0, 0.05) is 31.9 Å². The van der Waals surface area contributed by atoms with Crippen LogP contribution in [0.3, 0.4) is 0 Å². The number of imidazole rings is 1. The van der Waals surface area contributed by atoms with E-state index in [1.807, 2.05) is 0 Å². The quantitative estimate of drug-likeness (QED) is 0.621. The first-order valence-electron chi connectivity index (χ1n) is 11.4. The van der Waals surface area contributed by atoms with Crippen molar-refractivity contribution in [3.05, 3.63) is 48.0 Å². The number of halogens is 3. The Morgan fingerprint density at radius 1 is 1.23 bits per heavy atom. The first-order valence-corrected chi connectivity index (χ1v) is 11.4. The Morgan fingerprint density at radius 3 is 2.60 bits per heavy atom. The van der Waals surface area contributed by atoms with Crippen LogP contribution >= 0.6 is 0 Å². The van der Waals surface area contributed by atoms with Crippen molar-refractivity contribution in [2.45, 2.75) is 77.0 Å². The highest BCUT2D eigenvalue weighted by Crippen LogP contribution is 2.28. The van der Waals surface area contributed by atoms with Crippen molar-refractivity contribution in [2.24, 2.45) is 7.05 Å². The zero-order valence-corrected chi connectivity index (χ0v) is 20.3. The van der Waals surface area contributed by atoms with Gasteiger partial charge in [0.1, 0.15) is 17.0 Å². The third kappa shape index (κ3) is 8.18. The van der Waals surface area contributed by atoms with Crippen LogP contribution in [-0.4, -0.2) is 50.5 Å². The van der Waals surface area contributed by atoms with Crippen LogP contribution in [0.25, 0.3) is 0 Å². The van der Waals surface area contributed by atoms with Gasteiger partial charge >= 0.3 is 12.5 Å². The van der Waals surface area contributed by atoms with Crippen LogP contribution < -0.4 is 10.1 Å². The Kier molecular flexibility index (Phi) is 7.97. The van der Waals surface area contributed by atoms with Crippen molar-refractivity contribution in [2.75, 3.05) is 0 Å². The van der Waals surface area contributed by atoms with Gasteiger partial charge in [0.25, 0.3) is 5.91 Å². The number of amides is 2. The van der Waals surface area contributed by atoms with Gasteiger partial charge in [0.15, 0.2) is 0 Å². The summed E-state index contributed by atoms with van der Waals surface area (Å²) in [6.07, 6.45) is 0.425. The molecule has 192 valence electrons. The molecular formula is C24H31F3N4O4. The van der Waals surface area contributed by atoms with Crippen molar-refractivity contribution in [3.8, 4) is 5.75 Å². The van der Waals surface area contributed by atoms with Crippen LogP contribution in [0.2, 0.25) is 0 Å². The van der Waals surface area contributed by atoms with Crippen LogP contribution in [0.1, 0.15) is 62.5 Å². The molecule has 1 N–H and O–H groups in total. The number of carbonyl (C=O) groups is 2. The lowest BCUT2D eigenvalue weighted by Gasteiger charge is -2.38. The summed E-state index contributed by atoms with van der Waals surface area (Å²) in [6.45, 7) is 5.40. The number of rotatable bonds is 6. The van der Waals surface area contributed by atoms with Gasteiger partial charge in [-0.1, -0.05) is 12.1 Å². The minimum Gasteiger partial charge on any atom is -0.444 e. The van der Waals surface area contributed by atoms with Crippen LogP contribution in [-0.2, 0) is 18.3 Å². The van der Waals surface area contributed by atoms with Crippen LogP contribution in [0, 0.1) is 0 Å². The number of nitrogens with zero attached hydrogens (tertiary/aromatic N) is 3. The Labute approximate surface area is 202 Å². The smallest absolute Gasteiger partial charge is 0.444 e. The van der Waals surface area contributed by atoms with Gasteiger partial charge in [-0.25, -0.2) is 9.78 Å². The number of alkyl halides is 3. The molecule has 35 heavy (non-hydrogen) atoms. The summed E-state index contributed by atoms with van der Waals surface area (Å²) in [7, 11) is 1.74. The number of hydrogen-bond acceptors (Lipinski definition) is 5. The molecule has 0 radical (unpaired) electrons. The summed E-state index contributed by atoms with van der Waals surface area (Å²) in [6, 6.07) is 5.11. The second kappa shape index (κ2) is 10.6. The Hall–Kier alpha value is -3.24. The minimum absolute atomic E-state index is 0.0638. The average molecular weight is 497 g/mol. The number of carbonyl (C=O) groups excluding carboxylic acids is 2. The summed E-state index contributed by atoms with van der Waals surface area (Å²) in [5.41, 5.74) is 0.0819. The molecule has 0 saturated heterocycles. The van der Waals surface area contributed by atoms with Gasteiger partial charge < -0.3 is 24.3 Å². The Bertz CT molecular complexity index is 1030. The molecule has 1 fully saturated rings. The summed E-state index contributed by atoms with van der Waals surface area (Å²) in [4.78, 5) is 31.5. The lowest BCUT2D eigenvalue weighted by atomic mass is 9.89. The lowest BCUT2D eigenvalue weighted by Crippen LogP contribution is -2.48. The number of benzene rings is 1. The molecule has 1 heterocycles. The topological polar surface area (TPSA) is 85.7 Å². The predicted octanol–water partition coefficient (Wildman–Crippen LogP) is 4.80. The van der Waals surface area contributed by atoms with Gasteiger partial charge in [-0.15, -0.1) is 13.2 Å². The largest absolute Gasteiger partial charge is 0.573 e. The van der Waals surface area contributed by atoms with Crippen LogP contribution in [0.5, 0.6) is 5.75 Å².